The van der Waals surface area contributed by atoms with Crippen molar-refractivity contribution in [1.82, 2.24) is 0 Å². The molecule has 0 aromatic rings. The van der Waals surface area contributed by atoms with E-state index >= 15 is 0 Å². The van der Waals surface area contributed by atoms with Gasteiger partial charge in [-0.15, -0.1) is 0 Å². The fourth-order valence-electron chi connectivity index (χ4n) is 1.05. The quantitative estimate of drug-likeness (QED) is 0.620. The average molecular weight is 171 g/mol. The molecule has 0 aliphatic heterocycles. The Morgan fingerprint density at radius 3 is 2.42 bits per heavy atom. The maximum atomic E-state index is 5.53. The Kier molecular flexibility index (Phi) is 6.03. The lowest BCUT2D eigenvalue weighted by Crippen LogP contribution is -2.15. The van der Waals surface area contributed by atoms with Crippen molar-refractivity contribution < 1.29 is 4.74 Å². The molecule has 2 N–H and O–H groups in total. The number of hydrogen-bond donors (Lipinski definition) is 1. The van der Waals surface area contributed by atoms with Gasteiger partial charge in [0, 0.05) is 6.54 Å². The van der Waals surface area contributed by atoms with E-state index in [2.05, 4.69) is 27.4 Å². The van der Waals surface area contributed by atoms with Crippen molar-refractivity contribution >= 4 is 0 Å². The second kappa shape index (κ2) is 6.21. The van der Waals surface area contributed by atoms with E-state index in [-0.39, 0.29) is 0 Å². The Labute approximate surface area is 75.8 Å². The van der Waals surface area contributed by atoms with E-state index in [0.29, 0.717) is 25.2 Å². The third-order valence-corrected chi connectivity index (χ3v) is 1.66. The average Bonchev–Trinajstić information content (AvgIpc) is 1.99. The predicted octanol–water partition coefficient (Wildman–Crippen LogP) is 1.95. The standard InChI is InChI=1S/C10H21NO/c1-8(2)5-10(4)12-7-9(3)6-11/h8,10H,3,5-7,11H2,1-2,4H3. The highest BCUT2D eigenvalue weighted by atomic mass is 16.5. The summed E-state index contributed by atoms with van der Waals surface area (Å²) in [7, 11) is 0. The molecule has 0 saturated carbocycles. The van der Waals surface area contributed by atoms with Gasteiger partial charge in [-0.25, -0.2) is 0 Å². The molecule has 1 atom stereocenters. The lowest BCUT2D eigenvalue weighted by molar-refractivity contribution is 0.0677. The molecular weight excluding hydrogens is 150 g/mol. The van der Waals surface area contributed by atoms with E-state index in [4.69, 9.17) is 10.5 Å². The van der Waals surface area contributed by atoms with Crippen LogP contribution in [0.3, 0.4) is 0 Å². The summed E-state index contributed by atoms with van der Waals surface area (Å²) in [6.07, 6.45) is 1.41. The normalized spacial score (nSPS) is 13.4. The molecule has 0 heterocycles. The number of ether oxygens (including phenoxy) is 1. The molecule has 2 nitrogen and oxygen atoms in total. The van der Waals surface area contributed by atoms with E-state index in [1.54, 1.807) is 0 Å². The summed E-state index contributed by atoms with van der Waals surface area (Å²) in [4.78, 5) is 0. The van der Waals surface area contributed by atoms with E-state index in [1.807, 2.05) is 0 Å². The van der Waals surface area contributed by atoms with Crippen LogP contribution < -0.4 is 5.73 Å². The fraction of sp³-hybridized carbons (Fsp3) is 0.800. The SMILES string of the molecule is C=C(CN)COC(C)CC(C)C. The maximum absolute atomic E-state index is 5.53. The third-order valence-electron chi connectivity index (χ3n) is 1.66. The highest BCUT2D eigenvalue weighted by Gasteiger charge is 2.04. The van der Waals surface area contributed by atoms with Gasteiger partial charge in [0.1, 0.15) is 0 Å². The van der Waals surface area contributed by atoms with Crippen molar-refractivity contribution in [2.45, 2.75) is 33.3 Å². The Morgan fingerprint density at radius 1 is 1.42 bits per heavy atom. The van der Waals surface area contributed by atoms with Crippen LogP contribution in [0.25, 0.3) is 0 Å². The van der Waals surface area contributed by atoms with Crippen molar-refractivity contribution in [2.75, 3.05) is 13.2 Å². The van der Waals surface area contributed by atoms with Gasteiger partial charge in [0.2, 0.25) is 0 Å². The van der Waals surface area contributed by atoms with Gasteiger partial charge < -0.3 is 10.5 Å². The molecule has 2 heteroatoms. The molecule has 0 rings (SSSR count). The van der Waals surface area contributed by atoms with Crippen LogP contribution in [0, 0.1) is 5.92 Å². The minimum absolute atomic E-state index is 0.313. The monoisotopic (exact) mass is 171 g/mol. The summed E-state index contributed by atoms with van der Waals surface area (Å²) in [6, 6.07) is 0. The van der Waals surface area contributed by atoms with E-state index in [0.717, 1.165) is 12.0 Å². The van der Waals surface area contributed by atoms with Gasteiger partial charge in [0.25, 0.3) is 0 Å². The zero-order chi connectivity index (χ0) is 9.56. The topological polar surface area (TPSA) is 35.2 Å². The zero-order valence-corrected chi connectivity index (χ0v) is 8.47. The van der Waals surface area contributed by atoms with Crippen LogP contribution in [0.15, 0.2) is 12.2 Å². The van der Waals surface area contributed by atoms with E-state index in [1.165, 1.54) is 0 Å². The second-order valence-electron chi connectivity index (χ2n) is 3.71. The van der Waals surface area contributed by atoms with Crippen LogP contribution in [-0.4, -0.2) is 19.3 Å². The molecular formula is C10H21NO. The molecule has 0 aliphatic rings. The van der Waals surface area contributed by atoms with Gasteiger partial charge in [0.05, 0.1) is 12.7 Å². The Morgan fingerprint density at radius 2 is 2.00 bits per heavy atom. The number of nitrogens with two attached hydrogens (primary N) is 1. The summed E-state index contributed by atoms with van der Waals surface area (Å²) >= 11 is 0. The smallest absolute Gasteiger partial charge is 0.0690 e. The van der Waals surface area contributed by atoms with Crippen LogP contribution in [0.2, 0.25) is 0 Å². The molecule has 1 unspecified atom stereocenters. The molecule has 0 aromatic heterocycles. The van der Waals surface area contributed by atoms with Crippen molar-refractivity contribution in [1.29, 1.82) is 0 Å². The van der Waals surface area contributed by atoms with Crippen LogP contribution in [0.1, 0.15) is 27.2 Å². The molecule has 0 radical (unpaired) electrons. The summed E-state index contributed by atoms with van der Waals surface area (Å²) in [6.45, 7) is 11.4. The summed E-state index contributed by atoms with van der Waals surface area (Å²) in [5.74, 6) is 0.686. The molecule has 12 heavy (non-hydrogen) atoms. The lowest BCUT2D eigenvalue weighted by Gasteiger charge is -2.15. The van der Waals surface area contributed by atoms with Gasteiger partial charge in [-0.2, -0.15) is 0 Å². The summed E-state index contributed by atoms with van der Waals surface area (Å²) in [5.41, 5.74) is 6.34. The van der Waals surface area contributed by atoms with Crippen molar-refractivity contribution in [2.24, 2.45) is 11.7 Å². The van der Waals surface area contributed by atoms with Gasteiger partial charge in [0.15, 0.2) is 0 Å². The molecule has 0 aliphatic carbocycles. The minimum atomic E-state index is 0.313. The molecule has 0 aromatic carbocycles. The van der Waals surface area contributed by atoms with Gasteiger partial charge in [-0.1, -0.05) is 20.4 Å². The Bertz CT molecular complexity index is 132. The highest BCUT2D eigenvalue weighted by molar-refractivity contribution is 4.95. The predicted molar refractivity (Wildman–Crippen MR) is 53.1 cm³/mol. The first kappa shape index (κ1) is 11.7. The van der Waals surface area contributed by atoms with Crippen molar-refractivity contribution in [3.63, 3.8) is 0 Å². The zero-order valence-electron chi connectivity index (χ0n) is 8.47. The van der Waals surface area contributed by atoms with Gasteiger partial charge >= 0.3 is 0 Å². The fourth-order valence-corrected chi connectivity index (χ4v) is 1.05. The van der Waals surface area contributed by atoms with Gasteiger partial charge in [-0.3, -0.25) is 0 Å². The van der Waals surface area contributed by atoms with Gasteiger partial charge in [-0.05, 0) is 24.8 Å². The highest BCUT2D eigenvalue weighted by Crippen LogP contribution is 2.07. The molecule has 0 spiro atoms. The first-order valence-electron chi connectivity index (χ1n) is 4.54. The first-order valence-corrected chi connectivity index (χ1v) is 4.54. The van der Waals surface area contributed by atoms with Crippen LogP contribution in [0.5, 0.6) is 0 Å². The second-order valence-corrected chi connectivity index (χ2v) is 3.71. The van der Waals surface area contributed by atoms with Crippen molar-refractivity contribution in [3.05, 3.63) is 12.2 Å². The number of hydrogen-bond acceptors (Lipinski definition) is 2. The molecule has 0 saturated heterocycles. The summed E-state index contributed by atoms with van der Waals surface area (Å²) in [5, 5.41) is 0. The largest absolute Gasteiger partial charge is 0.374 e. The minimum Gasteiger partial charge on any atom is -0.374 e. The molecule has 72 valence electrons. The molecule has 0 fully saturated rings. The van der Waals surface area contributed by atoms with E-state index in [9.17, 15) is 0 Å². The Balaban J connectivity index is 3.43. The summed E-state index contributed by atoms with van der Waals surface area (Å²) < 4.78 is 5.53. The van der Waals surface area contributed by atoms with Crippen molar-refractivity contribution in [3.8, 4) is 0 Å². The van der Waals surface area contributed by atoms with Crippen LogP contribution in [-0.2, 0) is 4.74 Å². The maximum Gasteiger partial charge on any atom is 0.0690 e. The molecule has 0 bridgehead atoms. The lowest BCUT2D eigenvalue weighted by atomic mass is 10.1. The van der Waals surface area contributed by atoms with E-state index < -0.39 is 0 Å². The first-order chi connectivity index (χ1) is 5.56. The number of rotatable bonds is 6. The third kappa shape index (κ3) is 6.38. The Hall–Kier alpha value is -0.340. The molecule has 0 amide bonds. The van der Waals surface area contributed by atoms with Crippen LogP contribution in [0.4, 0.5) is 0 Å². The van der Waals surface area contributed by atoms with Crippen LogP contribution >= 0.6 is 0 Å².